The molecule has 0 bridgehead atoms. The average Bonchev–Trinajstić information content (AvgIpc) is 2.65. The van der Waals surface area contributed by atoms with Crippen molar-refractivity contribution in [1.29, 1.82) is 0 Å². The van der Waals surface area contributed by atoms with Gasteiger partial charge in [-0.2, -0.15) is 0 Å². The second-order valence-electron chi connectivity index (χ2n) is 5.33. The Balaban J connectivity index is 1.92. The zero-order valence-electron chi connectivity index (χ0n) is 12.5. The number of hydrogen-bond acceptors (Lipinski definition) is 4. The lowest BCUT2D eigenvalue weighted by atomic mass is 10.1. The first-order valence-electron chi connectivity index (χ1n) is 6.82. The number of imide groups is 1. The maximum Gasteiger partial charge on any atom is 0.327 e. The summed E-state index contributed by atoms with van der Waals surface area (Å²) in [4.78, 5) is 25.7. The van der Waals surface area contributed by atoms with E-state index < -0.39 is 6.10 Å². The first kappa shape index (κ1) is 15.3. The third-order valence-electron chi connectivity index (χ3n) is 3.45. The molecule has 6 heteroatoms. The predicted molar refractivity (Wildman–Crippen MR) is 77.2 cm³/mol. The molecular weight excluding hydrogens is 272 g/mol. The van der Waals surface area contributed by atoms with E-state index in [0.717, 1.165) is 21.8 Å². The Hall–Kier alpha value is -2.08. The molecule has 1 aromatic carbocycles. The Bertz CT molecular complexity index is 538. The van der Waals surface area contributed by atoms with E-state index >= 15 is 0 Å². The lowest BCUT2D eigenvalue weighted by Crippen LogP contribution is -2.40. The van der Waals surface area contributed by atoms with Crippen molar-refractivity contribution in [3.05, 3.63) is 29.3 Å². The Kier molecular flexibility index (Phi) is 4.47. The molecule has 6 nitrogen and oxygen atoms in total. The summed E-state index contributed by atoms with van der Waals surface area (Å²) < 4.78 is 5.62. The summed E-state index contributed by atoms with van der Waals surface area (Å²) in [5.74, 6) is 0.432. The molecule has 21 heavy (non-hydrogen) atoms. The maximum atomic E-state index is 11.7. The van der Waals surface area contributed by atoms with Gasteiger partial charge in [-0.3, -0.25) is 9.69 Å². The molecule has 0 aromatic heterocycles. The summed E-state index contributed by atoms with van der Waals surface area (Å²) in [7, 11) is 1.56. The van der Waals surface area contributed by atoms with Crippen molar-refractivity contribution in [2.75, 3.05) is 26.7 Å². The van der Waals surface area contributed by atoms with Gasteiger partial charge in [-0.05, 0) is 25.0 Å². The normalized spacial score (nSPS) is 16.6. The fourth-order valence-corrected chi connectivity index (χ4v) is 2.32. The van der Waals surface area contributed by atoms with E-state index in [1.807, 2.05) is 32.0 Å². The molecule has 1 atom stereocenters. The number of urea groups is 1. The number of aliphatic hydroxyl groups is 1. The number of aryl methyl sites for hydroxylation is 2. The van der Waals surface area contributed by atoms with E-state index in [0.29, 0.717) is 0 Å². The van der Waals surface area contributed by atoms with Crippen molar-refractivity contribution in [1.82, 2.24) is 9.80 Å². The zero-order chi connectivity index (χ0) is 15.6. The van der Waals surface area contributed by atoms with E-state index in [2.05, 4.69) is 0 Å². The van der Waals surface area contributed by atoms with E-state index in [1.165, 1.54) is 4.90 Å². The smallest absolute Gasteiger partial charge is 0.327 e. The molecule has 0 radical (unpaired) electrons. The molecule has 1 aliphatic rings. The van der Waals surface area contributed by atoms with E-state index in [-0.39, 0.29) is 31.6 Å². The number of benzene rings is 1. The number of likely N-dealkylation sites (N-methyl/N-ethyl adjacent to an activating group) is 1. The second kappa shape index (κ2) is 6.13. The highest BCUT2D eigenvalue weighted by atomic mass is 16.5. The van der Waals surface area contributed by atoms with Gasteiger partial charge in [0.05, 0.1) is 6.54 Å². The van der Waals surface area contributed by atoms with Crippen LogP contribution in [0.4, 0.5) is 4.79 Å². The number of carbonyl (C=O) groups excluding carboxylic acids is 2. The molecule has 0 spiro atoms. The van der Waals surface area contributed by atoms with Crippen molar-refractivity contribution in [2.24, 2.45) is 0 Å². The summed E-state index contributed by atoms with van der Waals surface area (Å²) in [6, 6.07) is 5.41. The molecule has 1 saturated heterocycles. The number of carbonyl (C=O) groups is 2. The summed E-state index contributed by atoms with van der Waals surface area (Å²) in [5, 5.41) is 9.98. The Morgan fingerprint density at radius 1 is 1.29 bits per heavy atom. The number of rotatable bonds is 5. The number of β-amino-alcohol motifs (C(OH)–C–C–N with tert-alkyl or cyclic N) is 1. The Labute approximate surface area is 123 Å². The minimum Gasteiger partial charge on any atom is -0.490 e. The van der Waals surface area contributed by atoms with Crippen LogP contribution in [0, 0.1) is 13.8 Å². The summed E-state index contributed by atoms with van der Waals surface area (Å²) in [5.41, 5.74) is 1.96. The lowest BCUT2D eigenvalue weighted by molar-refractivity contribution is -0.126. The molecule has 1 fully saturated rings. The topological polar surface area (TPSA) is 70.1 Å². The maximum absolute atomic E-state index is 11.7. The third kappa shape index (κ3) is 3.33. The van der Waals surface area contributed by atoms with Gasteiger partial charge >= 0.3 is 6.03 Å². The highest BCUT2D eigenvalue weighted by Crippen LogP contribution is 2.22. The monoisotopic (exact) mass is 292 g/mol. The van der Waals surface area contributed by atoms with Crippen LogP contribution < -0.4 is 4.74 Å². The van der Waals surface area contributed by atoms with Gasteiger partial charge in [0.25, 0.3) is 0 Å². The molecule has 0 aliphatic carbocycles. The quantitative estimate of drug-likeness (QED) is 0.820. The van der Waals surface area contributed by atoms with Crippen molar-refractivity contribution in [2.45, 2.75) is 20.0 Å². The number of hydrogen-bond donors (Lipinski definition) is 1. The van der Waals surface area contributed by atoms with Crippen molar-refractivity contribution < 1.29 is 19.4 Å². The number of ether oxygens (including phenoxy) is 1. The number of aliphatic hydroxyl groups excluding tert-OH is 1. The van der Waals surface area contributed by atoms with Crippen molar-refractivity contribution in [3.8, 4) is 5.75 Å². The van der Waals surface area contributed by atoms with Gasteiger partial charge in [0, 0.05) is 7.05 Å². The lowest BCUT2D eigenvalue weighted by Gasteiger charge is -2.20. The van der Waals surface area contributed by atoms with Gasteiger partial charge in [-0.25, -0.2) is 4.79 Å². The van der Waals surface area contributed by atoms with Gasteiger partial charge in [0.1, 0.15) is 25.0 Å². The molecular formula is C15H20N2O4. The highest BCUT2D eigenvalue weighted by Gasteiger charge is 2.34. The molecule has 1 heterocycles. The molecule has 1 unspecified atom stereocenters. The van der Waals surface area contributed by atoms with Gasteiger partial charge in [0.2, 0.25) is 5.91 Å². The Morgan fingerprint density at radius 3 is 2.43 bits per heavy atom. The van der Waals surface area contributed by atoms with Crippen LogP contribution >= 0.6 is 0 Å². The van der Waals surface area contributed by atoms with Crippen molar-refractivity contribution in [3.63, 3.8) is 0 Å². The van der Waals surface area contributed by atoms with Crippen LogP contribution in [0.3, 0.4) is 0 Å². The van der Waals surface area contributed by atoms with E-state index in [9.17, 15) is 14.7 Å². The molecule has 3 amide bonds. The minimum absolute atomic E-state index is 0.0342. The average molecular weight is 292 g/mol. The van der Waals surface area contributed by atoms with E-state index in [4.69, 9.17) is 4.74 Å². The van der Waals surface area contributed by atoms with E-state index in [1.54, 1.807) is 7.05 Å². The number of amides is 3. The predicted octanol–water partition coefficient (Wildman–Crippen LogP) is 0.937. The summed E-state index contributed by atoms with van der Waals surface area (Å²) in [6.07, 6.45) is -0.914. The third-order valence-corrected chi connectivity index (χ3v) is 3.45. The van der Waals surface area contributed by atoms with Crippen LogP contribution in [0.1, 0.15) is 11.1 Å². The van der Waals surface area contributed by atoms with Gasteiger partial charge in [0.15, 0.2) is 0 Å². The molecule has 1 N–H and O–H groups in total. The molecule has 2 rings (SSSR count). The minimum atomic E-state index is -0.914. The number of nitrogens with zero attached hydrogens (tertiary/aromatic N) is 2. The van der Waals surface area contributed by atoms with Crippen molar-refractivity contribution >= 4 is 11.9 Å². The second-order valence-corrected chi connectivity index (χ2v) is 5.33. The molecule has 1 aromatic rings. The first-order chi connectivity index (χ1) is 9.90. The molecule has 1 aliphatic heterocycles. The van der Waals surface area contributed by atoms with Crippen LogP contribution in [-0.2, 0) is 4.79 Å². The molecule has 0 saturated carbocycles. The number of para-hydroxylation sites is 1. The summed E-state index contributed by atoms with van der Waals surface area (Å²) in [6.45, 7) is 3.90. The molecule has 114 valence electrons. The van der Waals surface area contributed by atoms with Crippen LogP contribution in [0.5, 0.6) is 5.75 Å². The van der Waals surface area contributed by atoms with Gasteiger partial charge in [-0.15, -0.1) is 0 Å². The standard InChI is InChI=1S/C15H20N2O4/c1-10-5-4-6-11(2)14(10)21-9-12(18)7-17-13(19)8-16(3)15(17)20/h4-6,12,18H,7-9H2,1-3H3. The summed E-state index contributed by atoms with van der Waals surface area (Å²) >= 11 is 0. The Morgan fingerprint density at radius 2 is 1.90 bits per heavy atom. The fraction of sp³-hybridized carbons (Fsp3) is 0.467. The largest absolute Gasteiger partial charge is 0.490 e. The first-order valence-corrected chi connectivity index (χ1v) is 6.82. The van der Waals surface area contributed by atoms with Crippen LogP contribution in [0.15, 0.2) is 18.2 Å². The SMILES string of the molecule is Cc1cccc(C)c1OCC(O)CN1C(=O)CN(C)C1=O. The van der Waals surface area contributed by atoms with Crippen LogP contribution in [0.25, 0.3) is 0 Å². The fourth-order valence-electron chi connectivity index (χ4n) is 2.32. The zero-order valence-corrected chi connectivity index (χ0v) is 12.5. The van der Waals surface area contributed by atoms with Crippen LogP contribution in [0.2, 0.25) is 0 Å². The van der Waals surface area contributed by atoms with Gasteiger partial charge in [-0.1, -0.05) is 18.2 Å². The van der Waals surface area contributed by atoms with Gasteiger partial charge < -0.3 is 14.7 Å². The van der Waals surface area contributed by atoms with Crippen LogP contribution in [-0.4, -0.2) is 59.7 Å². The highest BCUT2D eigenvalue weighted by molar-refractivity contribution is 6.01.